The first-order chi connectivity index (χ1) is 12.3. The summed E-state index contributed by atoms with van der Waals surface area (Å²) in [6, 6.07) is 7.07. The summed E-state index contributed by atoms with van der Waals surface area (Å²) in [5, 5.41) is 0. The first-order valence-electron chi connectivity index (χ1n) is 9.52. The lowest BCUT2D eigenvalue weighted by atomic mass is 10.1. The van der Waals surface area contributed by atoms with Crippen molar-refractivity contribution in [1.29, 1.82) is 0 Å². The van der Waals surface area contributed by atoms with Crippen molar-refractivity contribution in [2.45, 2.75) is 77.7 Å². The second kappa shape index (κ2) is 11.6. The van der Waals surface area contributed by atoms with Gasteiger partial charge in [0.25, 0.3) is 0 Å². The number of hydrogen-bond donors (Lipinski definition) is 1. The Morgan fingerprint density at radius 3 is 1.96 bits per heavy atom. The predicted molar refractivity (Wildman–Crippen MR) is 103 cm³/mol. The van der Waals surface area contributed by atoms with Crippen LogP contribution >= 0.6 is 0 Å². The first-order valence-corrected chi connectivity index (χ1v) is 9.52. The van der Waals surface area contributed by atoms with Crippen molar-refractivity contribution < 1.29 is 19.1 Å². The van der Waals surface area contributed by atoms with Crippen molar-refractivity contribution in [3.8, 4) is 5.75 Å². The second-order valence-corrected chi connectivity index (χ2v) is 7.57. The molecule has 1 aromatic rings. The number of ether oxygens (including phenoxy) is 2. The molecule has 26 heavy (non-hydrogen) atoms. The van der Waals surface area contributed by atoms with Gasteiger partial charge in [-0.3, -0.25) is 4.79 Å². The first kappa shape index (κ1) is 22.0. The van der Waals surface area contributed by atoms with E-state index < -0.39 is 5.60 Å². The Bertz CT molecular complexity index is 546. The summed E-state index contributed by atoms with van der Waals surface area (Å²) >= 11 is 0. The van der Waals surface area contributed by atoms with Gasteiger partial charge in [0.2, 0.25) is 5.91 Å². The van der Waals surface area contributed by atoms with Crippen molar-refractivity contribution in [2.24, 2.45) is 5.73 Å². The van der Waals surface area contributed by atoms with E-state index in [-0.39, 0.29) is 11.9 Å². The number of rotatable bonds is 12. The Morgan fingerprint density at radius 2 is 1.42 bits per heavy atom. The Morgan fingerprint density at radius 1 is 0.885 bits per heavy atom. The summed E-state index contributed by atoms with van der Waals surface area (Å²) in [6.45, 7) is 6.23. The summed E-state index contributed by atoms with van der Waals surface area (Å²) in [5.74, 6) is 0.241. The lowest BCUT2D eigenvalue weighted by molar-refractivity contribution is -0.118. The van der Waals surface area contributed by atoms with E-state index in [0.29, 0.717) is 18.6 Å². The number of carbonyl (C=O) groups excluding carboxylic acids is 2. The summed E-state index contributed by atoms with van der Waals surface area (Å²) in [7, 11) is 0. The molecule has 0 unspecified atom stereocenters. The molecule has 0 aliphatic heterocycles. The van der Waals surface area contributed by atoms with Gasteiger partial charge in [-0.1, -0.05) is 32.1 Å². The average molecular weight is 363 g/mol. The lowest BCUT2D eigenvalue weighted by Gasteiger charge is -2.19. The molecule has 1 amide bonds. The minimum atomic E-state index is -0.492. The van der Waals surface area contributed by atoms with Crippen molar-refractivity contribution >= 4 is 11.9 Å². The number of carbonyl (C=O) groups is 2. The van der Waals surface area contributed by atoms with Crippen molar-refractivity contribution in [1.82, 2.24) is 0 Å². The zero-order valence-electron chi connectivity index (χ0n) is 16.4. The normalized spacial score (nSPS) is 11.2. The molecule has 5 nitrogen and oxygen atoms in total. The maximum atomic E-state index is 11.9. The van der Waals surface area contributed by atoms with Crippen LogP contribution in [0.15, 0.2) is 24.3 Å². The number of benzene rings is 1. The quantitative estimate of drug-likeness (QED) is 0.434. The third-order valence-electron chi connectivity index (χ3n) is 3.83. The van der Waals surface area contributed by atoms with Crippen LogP contribution in [0.5, 0.6) is 5.75 Å². The van der Waals surface area contributed by atoms with Crippen molar-refractivity contribution in [2.75, 3.05) is 6.61 Å². The Labute approximate surface area is 157 Å². The summed E-state index contributed by atoms with van der Waals surface area (Å²) < 4.78 is 11.0. The second-order valence-electron chi connectivity index (χ2n) is 7.57. The third kappa shape index (κ3) is 10.7. The largest absolute Gasteiger partial charge is 0.494 e. The van der Waals surface area contributed by atoms with Crippen LogP contribution in [0.25, 0.3) is 0 Å². The molecule has 0 aliphatic rings. The number of primary amides is 1. The van der Waals surface area contributed by atoms with Crippen LogP contribution < -0.4 is 10.5 Å². The highest BCUT2D eigenvalue weighted by Crippen LogP contribution is 2.17. The lowest BCUT2D eigenvalue weighted by Crippen LogP contribution is -2.23. The van der Waals surface area contributed by atoms with Gasteiger partial charge < -0.3 is 15.2 Å². The van der Waals surface area contributed by atoms with E-state index in [1.165, 1.54) is 12.8 Å². The smallest absolute Gasteiger partial charge is 0.338 e. The molecule has 0 radical (unpaired) electrons. The van der Waals surface area contributed by atoms with Gasteiger partial charge >= 0.3 is 5.97 Å². The van der Waals surface area contributed by atoms with E-state index >= 15 is 0 Å². The fraction of sp³-hybridized carbons (Fsp3) is 0.619. The van der Waals surface area contributed by atoms with Crippen molar-refractivity contribution in [3.05, 3.63) is 29.8 Å². The molecule has 0 aromatic heterocycles. The van der Waals surface area contributed by atoms with Crippen LogP contribution in [-0.2, 0) is 9.53 Å². The summed E-state index contributed by atoms with van der Waals surface area (Å²) in [4.78, 5) is 22.6. The van der Waals surface area contributed by atoms with E-state index in [0.717, 1.165) is 37.9 Å². The van der Waals surface area contributed by atoms with Gasteiger partial charge in [-0.2, -0.15) is 0 Å². The minimum Gasteiger partial charge on any atom is -0.494 e. The van der Waals surface area contributed by atoms with Crippen LogP contribution in [0, 0.1) is 0 Å². The minimum absolute atomic E-state index is 0.207. The number of unbranched alkanes of at least 4 members (excludes halogenated alkanes) is 6. The number of amides is 1. The van der Waals surface area contributed by atoms with Crippen LogP contribution in [0.4, 0.5) is 0 Å². The van der Waals surface area contributed by atoms with Crippen LogP contribution in [0.3, 0.4) is 0 Å². The topological polar surface area (TPSA) is 78.6 Å². The molecule has 146 valence electrons. The third-order valence-corrected chi connectivity index (χ3v) is 3.83. The van der Waals surface area contributed by atoms with E-state index in [9.17, 15) is 9.59 Å². The van der Waals surface area contributed by atoms with Crippen LogP contribution in [0.1, 0.15) is 82.5 Å². The molecule has 0 saturated heterocycles. The van der Waals surface area contributed by atoms with Gasteiger partial charge in [0.15, 0.2) is 0 Å². The van der Waals surface area contributed by atoms with Gasteiger partial charge in [-0.05, 0) is 57.9 Å². The molecular weight excluding hydrogens is 330 g/mol. The molecule has 0 heterocycles. The molecule has 1 aromatic carbocycles. The van der Waals surface area contributed by atoms with Gasteiger partial charge in [-0.25, -0.2) is 4.79 Å². The van der Waals surface area contributed by atoms with Gasteiger partial charge in [0, 0.05) is 6.42 Å². The number of esters is 1. The SMILES string of the molecule is CC(C)(C)OC(=O)c1ccc(OCCCCCCCCCC(N)=O)cc1. The standard InChI is InChI=1S/C21H33NO4/c1-21(2,3)26-20(24)17-12-14-18(15-13-17)25-16-10-8-6-4-5-7-9-11-19(22)23/h12-15H,4-11,16H2,1-3H3,(H2,22,23). The van der Waals surface area contributed by atoms with Crippen LogP contribution in [-0.4, -0.2) is 24.1 Å². The van der Waals surface area contributed by atoms with Crippen LogP contribution in [0.2, 0.25) is 0 Å². The number of nitrogens with two attached hydrogens (primary N) is 1. The Kier molecular flexibility index (Phi) is 9.78. The molecule has 2 N–H and O–H groups in total. The molecule has 1 rings (SSSR count). The Hall–Kier alpha value is -2.04. The van der Waals surface area contributed by atoms with Gasteiger partial charge in [-0.15, -0.1) is 0 Å². The van der Waals surface area contributed by atoms with Gasteiger partial charge in [0.1, 0.15) is 11.4 Å². The summed E-state index contributed by atoms with van der Waals surface area (Å²) in [6.07, 6.45) is 8.13. The zero-order valence-corrected chi connectivity index (χ0v) is 16.4. The van der Waals surface area contributed by atoms with E-state index in [1.54, 1.807) is 24.3 Å². The molecule has 0 fully saturated rings. The average Bonchev–Trinajstić information content (AvgIpc) is 2.55. The van der Waals surface area contributed by atoms with E-state index in [2.05, 4.69) is 0 Å². The molecule has 0 bridgehead atoms. The highest BCUT2D eigenvalue weighted by atomic mass is 16.6. The highest BCUT2D eigenvalue weighted by Gasteiger charge is 2.17. The molecule has 0 atom stereocenters. The fourth-order valence-electron chi connectivity index (χ4n) is 2.50. The molecule has 0 saturated carbocycles. The zero-order chi connectivity index (χ0) is 19.4. The van der Waals surface area contributed by atoms with Gasteiger partial charge in [0.05, 0.1) is 12.2 Å². The summed E-state index contributed by atoms with van der Waals surface area (Å²) in [5.41, 5.74) is 5.15. The Balaban J connectivity index is 2.11. The highest BCUT2D eigenvalue weighted by molar-refractivity contribution is 5.89. The molecular formula is C21H33NO4. The molecule has 0 spiro atoms. The fourth-order valence-corrected chi connectivity index (χ4v) is 2.50. The molecule has 5 heteroatoms. The number of hydrogen-bond acceptors (Lipinski definition) is 4. The predicted octanol–water partition coefficient (Wildman–Crippen LogP) is 4.63. The van der Waals surface area contributed by atoms with E-state index in [1.807, 2.05) is 20.8 Å². The molecule has 0 aliphatic carbocycles. The van der Waals surface area contributed by atoms with Crippen molar-refractivity contribution in [3.63, 3.8) is 0 Å². The maximum absolute atomic E-state index is 11.9. The monoisotopic (exact) mass is 363 g/mol. The maximum Gasteiger partial charge on any atom is 0.338 e. The van der Waals surface area contributed by atoms with E-state index in [4.69, 9.17) is 15.2 Å².